The Hall–Kier alpha value is -4.24. The van der Waals surface area contributed by atoms with Crippen molar-refractivity contribution in [1.29, 1.82) is 0 Å². The van der Waals surface area contributed by atoms with Gasteiger partial charge in [0.2, 0.25) is 0 Å². The topological polar surface area (TPSA) is 83.8 Å². The molecule has 196 valence electrons. The molecule has 0 spiro atoms. The van der Waals surface area contributed by atoms with E-state index in [9.17, 15) is 17.6 Å². The predicted molar refractivity (Wildman–Crippen MR) is 148 cm³/mol. The van der Waals surface area contributed by atoms with Gasteiger partial charge in [-0.05, 0) is 70.2 Å². The lowest BCUT2D eigenvalue weighted by Gasteiger charge is -2.24. The molecule has 0 bridgehead atoms. The van der Waals surface area contributed by atoms with Crippen LogP contribution in [0.5, 0.6) is 0 Å². The molecule has 0 aliphatic carbocycles. The van der Waals surface area contributed by atoms with E-state index in [2.05, 4.69) is 15.1 Å². The Morgan fingerprint density at radius 1 is 0.947 bits per heavy atom. The second kappa shape index (κ2) is 11.0. The second-order valence-electron chi connectivity index (χ2n) is 9.07. The van der Waals surface area contributed by atoms with Gasteiger partial charge in [0.05, 0.1) is 16.8 Å². The van der Waals surface area contributed by atoms with Gasteiger partial charge in [-0.25, -0.2) is 18.2 Å². The number of carbonyl (C=O) groups excluding carboxylic acids is 1. The summed E-state index contributed by atoms with van der Waals surface area (Å²) < 4.78 is 44.3. The van der Waals surface area contributed by atoms with Crippen LogP contribution in [0.1, 0.15) is 28.1 Å². The molecule has 9 heteroatoms. The lowest BCUT2D eigenvalue weighted by molar-refractivity contribution is -0.119. The molecule has 4 rings (SSSR count). The minimum Gasteiger partial charge on any atom is -0.318 e. The highest BCUT2D eigenvalue weighted by Gasteiger charge is 2.29. The Morgan fingerprint density at radius 3 is 2.18 bits per heavy atom. The van der Waals surface area contributed by atoms with Gasteiger partial charge in [-0.1, -0.05) is 47.5 Å². The largest absolute Gasteiger partial charge is 0.318 e. The van der Waals surface area contributed by atoms with E-state index >= 15 is 0 Å². The van der Waals surface area contributed by atoms with Gasteiger partial charge in [-0.2, -0.15) is 5.10 Å². The van der Waals surface area contributed by atoms with Crippen molar-refractivity contribution < 1.29 is 17.6 Å². The van der Waals surface area contributed by atoms with E-state index in [4.69, 9.17) is 0 Å². The van der Waals surface area contributed by atoms with Gasteiger partial charge < -0.3 is 4.57 Å². The van der Waals surface area contributed by atoms with Gasteiger partial charge >= 0.3 is 0 Å². The SMILES string of the molecule is Cc1ccc(-n2c(C)cc(/C=N\NC(=O)CN(c3ccccc3F)S(=O)(=O)c3ccc(C)cc3)c2C)cc1. The molecule has 1 N–H and O–H groups in total. The molecule has 4 aromatic rings. The maximum atomic E-state index is 14.7. The third-order valence-electron chi connectivity index (χ3n) is 6.17. The molecule has 3 aromatic carbocycles. The van der Waals surface area contributed by atoms with Crippen molar-refractivity contribution in [1.82, 2.24) is 9.99 Å². The van der Waals surface area contributed by atoms with Crippen LogP contribution < -0.4 is 9.73 Å². The van der Waals surface area contributed by atoms with Crippen LogP contribution in [-0.2, 0) is 14.8 Å². The Labute approximate surface area is 222 Å². The molecule has 1 amide bonds. The van der Waals surface area contributed by atoms with Gasteiger partial charge in [0, 0.05) is 22.6 Å². The first-order chi connectivity index (χ1) is 18.1. The van der Waals surface area contributed by atoms with Crippen LogP contribution in [0.4, 0.5) is 10.1 Å². The Morgan fingerprint density at radius 2 is 1.55 bits per heavy atom. The van der Waals surface area contributed by atoms with Gasteiger partial charge in [-0.15, -0.1) is 0 Å². The predicted octanol–water partition coefficient (Wildman–Crippen LogP) is 5.20. The number of rotatable bonds is 8. The average Bonchev–Trinajstić information content (AvgIpc) is 3.16. The summed E-state index contributed by atoms with van der Waals surface area (Å²) >= 11 is 0. The van der Waals surface area contributed by atoms with Crippen LogP contribution in [0.3, 0.4) is 0 Å². The highest BCUT2D eigenvalue weighted by molar-refractivity contribution is 7.92. The number of para-hydroxylation sites is 1. The van der Waals surface area contributed by atoms with Crippen LogP contribution in [-0.4, -0.2) is 31.7 Å². The molecule has 0 unspecified atom stereocenters. The minimum absolute atomic E-state index is 0.0498. The summed E-state index contributed by atoms with van der Waals surface area (Å²) in [5.74, 6) is -1.48. The highest BCUT2D eigenvalue weighted by Crippen LogP contribution is 2.26. The van der Waals surface area contributed by atoms with Crippen molar-refractivity contribution in [3.63, 3.8) is 0 Å². The van der Waals surface area contributed by atoms with E-state index in [1.54, 1.807) is 12.1 Å². The number of carbonyl (C=O) groups is 1. The third-order valence-corrected chi connectivity index (χ3v) is 7.95. The monoisotopic (exact) mass is 532 g/mol. The number of hydrogen-bond donors (Lipinski definition) is 1. The molecule has 0 saturated heterocycles. The van der Waals surface area contributed by atoms with Crippen molar-refractivity contribution in [3.05, 3.63) is 113 Å². The number of amides is 1. The normalized spacial score (nSPS) is 11.6. The quantitative estimate of drug-likeness (QED) is 0.250. The van der Waals surface area contributed by atoms with Crippen LogP contribution in [0, 0.1) is 33.5 Å². The molecule has 38 heavy (non-hydrogen) atoms. The van der Waals surface area contributed by atoms with E-state index in [1.807, 2.05) is 58.0 Å². The maximum Gasteiger partial charge on any atom is 0.264 e. The van der Waals surface area contributed by atoms with Crippen LogP contribution >= 0.6 is 0 Å². The Bertz CT molecular complexity index is 1590. The summed E-state index contributed by atoms with van der Waals surface area (Å²) in [4.78, 5) is 12.8. The summed E-state index contributed by atoms with van der Waals surface area (Å²) in [5.41, 5.74) is 7.91. The summed E-state index contributed by atoms with van der Waals surface area (Å²) in [6, 6.07) is 21.6. The third kappa shape index (κ3) is 5.68. The van der Waals surface area contributed by atoms with Crippen molar-refractivity contribution >= 4 is 27.8 Å². The number of hydrogen-bond acceptors (Lipinski definition) is 4. The van der Waals surface area contributed by atoms with E-state index in [-0.39, 0.29) is 10.6 Å². The number of nitrogens with one attached hydrogen (secondary N) is 1. The second-order valence-corrected chi connectivity index (χ2v) is 10.9. The summed E-state index contributed by atoms with van der Waals surface area (Å²) in [6.45, 7) is 7.12. The fourth-order valence-corrected chi connectivity index (χ4v) is 5.57. The number of halogens is 1. The van der Waals surface area contributed by atoms with E-state index in [0.29, 0.717) is 0 Å². The van der Waals surface area contributed by atoms with Gasteiger partial charge in [-0.3, -0.25) is 9.10 Å². The number of aromatic nitrogens is 1. The fraction of sp³-hybridized carbons (Fsp3) is 0.172. The summed E-state index contributed by atoms with van der Waals surface area (Å²) in [7, 11) is -4.23. The molecule has 7 nitrogen and oxygen atoms in total. The maximum absolute atomic E-state index is 14.7. The molecular weight excluding hydrogens is 503 g/mol. The van der Waals surface area contributed by atoms with E-state index in [1.165, 1.54) is 36.5 Å². The van der Waals surface area contributed by atoms with Crippen molar-refractivity contribution in [2.75, 3.05) is 10.8 Å². The number of sulfonamides is 1. The smallest absolute Gasteiger partial charge is 0.264 e. The lowest BCUT2D eigenvalue weighted by atomic mass is 10.2. The minimum atomic E-state index is -4.23. The standard InChI is InChI=1S/C29H29FN4O3S/c1-20-9-13-25(14-10-20)34-22(3)17-24(23(34)4)18-31-32-29(35)19-33(28-8-6-5-7-27(28)30)38(36,37)26-15-11-21(2)12-16-26/h5-18H,19H2,1-4H3,(H,32,35)/b31-18-. The molecule has 0 fully saturated rings. The average molecular weight is 533 g/mol. The van der Waals surface area contributed by atoms with Crippen LogP contribution in [0.15, 0.2) is 88.9 Å². The van der Waals surface area contributed by atoms with Crippen molar-refractivity contribution in [2.24, 2.45) is 5.10 Å². The van der Waals surface area contributed by atoms with E-state index < -0.39 is 28.3 Å². The summed E-state index contributed by atoms with van der Waals surface area (Å²) in [5, 5.41) is 4.05. The number of aryl methyl sites for hydroxylation is 3. The molecule has 0 aliphatic rings. The lowest BCUT2D eigenvalue weighted by Crippen LogP contribution is -2.40. The van der Waals surface area contributed by atoms with Crippen molar-refractivity contribution in [3.8, 4) is 5.69 Å². The molecule has 1 heterocycles. The molecular formula is C29H29FN4O3S. The fourth-order valence-electron chi connectivity index (χ4n) is 4.14. The zero-order valence-corrected chi connectivity index (χ0v) is 22.5. The highest BCUT2D eigenvalue weighted by atomic mass is 32.2. The molecule has 0 atom stereocenters. The number of benzene rings is 3. The van der Waals surface area contributed by atoms with Crippen LogP contribution in [0.2, 0.25) is 0 Å². The van der Waals surface area contributed by atoms with Gasteiger partial charge in [0.15, 0.2) is 0 Å². The number of anilines is 1. The van der Waals surface area contributed by atoms with Crippen LogP contribution in [0.25, 0.3) is 5.69 Å². The molecule has 0 saturated carbocycles. The molecule has 0 radical (unpaired) electrons. The Balaban J connectivity index is 1.56. The first kappa shape index (κ1) is 26.8. The number of nitrogens with zero attached hydrogens (tertiary/aromatic N) is 3. The van der Waals surface area contributed by atoms with E-state index in [0.717, 1.165) is 44.1 Å². The molecule has 0 aliphatic heterocycles. The first-order valence-corrected chi connectivity index (χ1v) is 13.4. The Kier molecular flexibility index (Phi) is 7.78. The van der Waals surface area contributed by atoms with Crippen molar-refractivity contribution in [2.45, 2.75) is 32.6 Å². The first-order valence-electron chi connectivity index (χ1n) is 12.0. The zero-order chi connectivity index (χ0) is 27.4. The van der Waals surface area contributed by atoms with Gasteiger partial charge in [0.1, 0.15) is 12.4 Å². The zero-order valence-electron chi connectivity index (χ0n) is 21.6. The summed E-state index contributed by atoms with van der Waals surface area (Å²) in [6.07, 6.45) is 1.51. The molecule has 1 aromatic heterocycles. The number of hydrazone groups is 1. The van der Waals surface area contributed by atoms with Gasteiger partial charge in [0.25, 0.3) is 15.9 Å².